The van der Waals surface area contributed by atoms with Gasteiger partial charge in [0, 0.05) is 44.0 Å². The van der Waals surface area contributed by atoms with Crippen molar-refractivity contribution in [2.75, 3.05) is 13.1 Å². The summed E-state index contributed by atoms with van der Waals surface area (Å²) < 4.78 is 2.17. The smallest absolute Gasteiger partial charge is 0.220 e. The van der Waals surface area contributed by atoms with E-state index < -0.39 is 0 Å². The summed E-state index contributed by atoms with van der Waals surface area (Å²) in [7, 11) is 0. The molecule has 0 saturated carbocycles. The van der Waals surface area contributed by atoms with Crippen molar-refractivity contribution in [2.45, 2.75) is 45.3 Å². The molecule has 2 heterocycles. The highest BCUT2D eigenvalue weighted by Gasteiger charge is 2.22. The fraction of sp³-hybridized carbons (Fsp3) is 0.375. The van der Waals surface area contributed by atoms with E-state index in [1.807, 2.05) is 49.4 Å². The predicted octanol–water partition coefficient (Wildman–Crippen LogP) is 3.80. The second-order valence-electron chi connectivity index (χ2n) is 8.05. The van der Waals surface area contributed by atoms with Crippen LogP contribution in [0.4, 0.5) is 0 Å². The van der Waals surface area contributed by atoms with E-state index in [0.29, 0.717) is 6.42 Å². The number of amides is 1. The van der Waals surface area contributed by atoms with Crippen LogP contribution in [0.3, 0.4) is 0 Å². The first-order valence-electron chi connectivity index (χ1n) is 10.8. The molecule has 0 aliphatic carbocycles. The minimum absolute atomic E-state index is 0.0340. The van der Waals surface area contributed by atoms with E-state index in [9.17, 15) is 4.79 Å². The summed E-state index contributed by atoms with van der Waals surface area (Å²) in [5, 5.41) is 12.7. The average Bonchev–Trinajstić information content (AvgIpc) is 3.09. The third kappa shape index (κ3) is 5.71. The number of carbonyl (C=O) groups excluding carboxylic acids is 1. The lowest BCUT2D eigenvalue weighted by molar-refractivity contribution is -0.121. The zero-order valence-electron chi connectivity index (χ0n) is 17.8. The van der Waals surface area contributed by atoms with Crippen LogP contribution in [0.5, 0.6) is 0 Å². The number of benzene rings is 2. The molecular formula is C24H28ClN5O. The Bertz CT molecular complexity index is 1000. The lowest BCUT2D eigenvalue weighted by Crippen LogP contribution is -2.30. The van der Waals surface area contributed by atoms with E-state index in [2.05, 4.69) is 37.1 Å². The zero-order valence-corrected chi connectivity index (χ0v) is 18.6. The number of rotatable bonds is 7. The molecule has 1 atom stereocenters. The molecule has 7 heteroatoms. The van der Waals surface area contributed by atoms with Gasteiger partial charge in [-0.05, 0) is 36.6 Å². The summed E-state index contributed by atoms with van der Waals surface area (Å²) in [5.41, 5.74) is 2.42. The summed E-state index contributed by atoms with van der Waals surface area (Å²) in [6, 6.07) is 17.9. The maximum absolute atomic E-state index is 12.5. The maximum atomic E-state index is 12.5. The van der Waals surface area contributed by atoms with Crippen LogP contribution in [0.1, 0.15) is 42.2 Å². The Morgan fingerprint density at radius 1 is 1.03 bits per heavy atom. The first-order valence-corrected chi connectivity index (χ1v) is 11.2. The minimum Gasteiger partial charge on any atom is -0.346 e. The molecule has 4 rings (SSSR count). The standard InChI is InChI=1S/C24H28ClN5O/c1-18(26-23(31)12-9-19-5-3-2-4-6-19)24-28-27-22-13-14-29(15-16-30(22)24)17-20-7-10-21(25)11-8-20/h2-8,10-11,18H,9,12-17H2,1H3,(H,26,31). The Hall–Kier alpha value is -2.70. The Morgan fingerprint density at radius 2 is 1.81 bits per heavy atom. The lowest BCUT2D eigenvalue weighted by Gasteiger charge is -2.20. The number of nitrogens with one attached hydrogen (secondary N) is 1. The third-order valence-corrected chi connectivity index (χ3v) is 5.97. The van der Waals surface area contributed by atoms with E-state index in [4.69, 9.17) is 11.6 Å². The van der Waals surface area contributed by atoms with E-state index >= 15 is 0 Å². The van der Waals surface area contributed by atoms with Gasteiger partial charge in [-0.15, -0.1) is 10.2 Å². The summed E-state index contributed by atoms with van der Waals surface area (Å²) in [6.07, 6.45) is 2.04. The number of aryl methyl sites for hydroxylation is 1. The van der Waals surface area contributed by atoms with E-state index in [-0.39, 0.29) is 11.9 Å². The average molecular weight is 438 g/mol. The molecule has 1 aliphatic rings. The Labute approximate surface area is 188 Å². The number of halogens is 1. The molecule has 3 aromatic rings. The second kappa shape index (κ2) is 10.1. The number of aromatic nitrogens is 3. The summed E-state index contributed by atoms with van der Waals surface area (Å²) in [5.74, 6) is 1.85. The van der Waals surface area contributed by atoms with Gasteiger partial charge in [-0.2, -0.15) is 0 Å². The van der Waals surface area contributed by atoms with Crippen molar-refractivity contribution in [3.8, 4) is 0 Å². The number of nitrogens with zero attached hydrogens (tertiary/aromatic N) is 4. The monoisotopic (exact) mass is 437 g/mol. The predicted molar refractivity (Wildman–Crippen MR) is 122 cm³/mol. The van der Waals surface area contributed by atoms with Crippen LogP contribution in [-0.4, -0.2) is 38.7 Å². The highest BCUT2D eigenvalue weighted by atomic mass is 35.5. The van der Waals surface area contributed by atoms with Gasteiger partial charge in [0.2, 0.25) is 5.91 Å². The number of hydrogen-bond acceptors (Lipinski definition) is 4. The van der Waals surface area contributed by atoms with Crippen molar-refractivity contribution in [1.82, 2.24) is 25.0 Å². The molecule has 1 N–H and O–H groups in total. The molecule has 1 amide bonds. The highest BCUT2D eigenvalue weighted by Crippen LogP contribution is 2.18. The number of hydrogen-bond donors (Lipinski definition) is 1. The summed E-state index contributed by atoms with van der Waals surface area (Å²) in [4.78, 5) is 14.9. The van der Waals surface area contributed by atoms with Crippen molar-refractivity contribution in [3.05, 3.63) is 82.4 Å². The van der Waals surface area contributed by atoms with E-state index in [1.165, 1.54) is 11.1 Å². The molecule has 0 fully saturated rings. The lowest BCUT2D eigenvalue weighted by atomic mass is 10.1. The molecule has 2 aromatic carbocycles. The molecule has 1 unspecified atom stereocenters. The van der Waals surface area contributed by atoms with Gasteiger partial charge in [0.15, 0.2) is 5.82 Å². The number of carbonyl (C=O) groups is 1. The van der Waals surface area contributed by atoms with Crippen LogP contribution in [0, 0.1) is 0 Å². The molecule has 0 spiro atoms. The van der Waals surface area contributed by atoms with Gasteiger partial charge in [-0.25, -0.2) is 0 Å². The Kier molecular flexibility index (Phi) is 6.99. The van der Waals surface area contributed by atoms with Crippen LogP contribution < -0.4 is 5.32 Å². The molecule has 1 aliphatic heterocycles. The third-order valence-electron chi connectivity index (χ3n) is 5.72. The molecule has 1 aromatic heterocycles. The maximum Gasteiger partial charge on any atom is 0.220 e. The van der Waals surface area contributed by atoms with Crippen LogP contribution in [-0.2, 0) is 30.7 Å². The van der Waals surface area contributed by atoms with E-state index in [1.54, 1.807) is 0 Å². The topological polar surface area (TPSA) is 63.1 Å². The zero-order chi connectivity index (χ0) is 21.6. The fourth-order valence-corrected chi connectivity index (χ4v) is 4.12. The van der Waals surface area contributed by atoms with Gasteiger partial charge in [0.1, 0.15) is 5.82 Å². The first kappa shape index (κ1) is 21.5. The normalized spacial score (nSPS) is 15.2. The van der Waals surface area contributed by atoms with Crippen LogP contribution in [0.15, 0.2) is 54.6 Å². The molecule has 162 valence electrons. The van der Waals surface area contributed by atoms with Crippen molar-refractivity contribution >= 4 is 17.5 Å². The molecule has 6 nitrogen and oxygen atoms in total. The van der Waals surface area contributed by atoms with Crippen molar-refractivity contribution in [3.63, 3.8) is 0 Å². The molecular weight excluding hydrogens is 410 g/mol. The van der Waals surface area contributed by atoms with Crippen molar-refractivity contribution in [1.29, 1.82) is 0 Å². The van der Waals surface area contributed by atoms with Gasteiger partial charge in [-0.3, -0.25) is 9.69 Å². The number of fused-ring (bicyclic) bond motifs is 1. The second-order valence-corrected chi connectivity index (χ2v) is 8.49. The summed E-state index contributed by atoms with van der Waals surface area (Å²) >= 11 is 6.00. The summed E-state index contributed by atoms with van der Waals surface area (Å²) in [6.45, 7) is 5.52. The van der Waals surface area contributed by atoms with Crippen LogP contribution >= 0.6 is 11.6 Å². The van der Waals surface area contributed by atoms with Gasteiger partial charge in [0.05, 0.1) is 6.04 Å². The van der Waals surface area contributed by atoms with Gasteiger partial charge in [-0.1, -0.05) is 54.1 Å². The fourth-order valence-electron chi connectivity index (χ4n) is 4.00. The molecule has 0 bridgehead atoms. The molecule has 0 saturated heterocycles. The Balaban J connectivity index is 1.33. The van der Waals surface area contributed by atoms with Crippen LogP contribution in [0.25, 0.3) is 0 Å². The molecule has 31 heavy (non-hydrogen) atoms. The quantitative estimate of drug-likeness (QED) is 0.610. The van der Waals surface area contributed by atoms with Gasteiger partial charge in [0.25, 0.3) is 0 Å². The van der Waals surface area contributed by atoms with Gasteiger partial charge >= 0.3 is 0 Å². The highest BCUT2D eigenvalue weighted by molar-refractivity contribution is 6.30. The van der Waals surface area contributed by atoms with Crippen molar-refractivity contribution < 1.29 is 4.79 Å². The van der Waals surface area contributed by atoms with Crippen molar-refractivity contribution in [2.24, 2.45) is 0 Å². The molecule has 0 radical (unpaired) electrons. The first-order chi connectivity index (χ1) is 15.1. The largest absolute Gasteiger partial charge is 0.346 e. The SMILES string of the molecule is CC(NC(=O)CCc1ccccc1)c1nnc2n1CCN(Cc1ccc(Cl)cc1)CC2. The van der Waals surface area contributed by atoms with Gasteiger partial charge < -0.3 is 9.88 Å². The van der Waals surface area contributed by atoms with Crippen LogP contribution in [0.2, 0.25) is 5.02 Å². The minimum atomic E-state index is -0.174. The van der Waals surface area contributed by atoms with E-state index in [0.717, 1.165) is 55.7 Å². The Morgan fingerprint density at radius 3 is 2.58 bits per heavy atom.